The second kappa shape index (κ2) is 9.18. The first-order valence-electron chi connectivity index (χ1n) is 10.2. The minimum atomic E-state index is -0.134. The predicted octanol–water partition coefficient (Wildman–Crippen LogP) is 6.05. The van der Waals surface area contributed by atoms with Gasteiger partial charge in [0.2, 0.25) is 5.91 Å². The van der Waals surface area contributed by atoms with Crippen molar-refractivity contribution < 1.29 is 10.0 Å². The molecule has 1 saturated heterocycles. The number of hydrogen-bond donors (Lipinski definition) is 1. The van der Waals surface area contributed by atoms with Crippen LogP contribution >= 0.6 is 0 Å². The van der Waals surface area contributed by atoms with Gasteiger partial charge < -0.3 is 0 Å². The Labute approximate surface area is 157 Å². The molecule has 0 aromatic heterocycles. The van der Waals surface area contributed by atoms with Crippen molar-refractivity contribution in [2.45, 2.75) is 76.7 Å². The summed E-state index contributed by atoms with van der Waals surface area (Å²) in [6.07, 6.45) is 9.56. The van der Waals surface area contributed by atoms with Crippen LogP contribution in [0.3, 0.4) is 0 Å². The highest BCUT2D eigenvalue weighted by Crippen LogP contribution is 2.34. The summed E-state index contributed by atoms with van der Waals surface area (Å²) in [6, 6.07) is 14.8. The molecule has 2 aromatic rings. The predicted molar refractivity (Wildman–Crippen MR) is 106 cm³/mol. The SMILES string of the molecule is CCCCCCCCC1CC(c2ccc3ccccc3c2)CC(=O)N1O. The topological polar surface area (TPSA) is 40.5 Å². The van der Waals surface area contributed by atoms with Gasteiger partial charge in [-0.2, -0.15) is 0 Å². The van der Waals surface area contributed by atoms with Crippen LogP contribution in [-0.4, -0.2) is 22.2 Å². The van der Waals surface area contributed by atoms with E-state index in [-0.39, 0.29) is 17.9 Å². The van der Waals surface area contributed by atoms with Gasteiger partial charge in [0.25, 0.3) is 0 Å². The van der Waals surface area contributed by atoms with Crippen molar-refractivity contribution in [1.82, 2.24) is 5.06 Å². The van der Waals surface area contributed by atoms with Gasteiger partial charge in [0, 0.05) is 6.42 Å². The normalized spacial score (nSPS) is 20.7. The molecule has 0 radical (unpaired) electrons. The summed E-state index contributed by atoms with van der Waals surface area (Å²) >= 11 is 0. The Morgan fingerprint density at radius 2 is 1.73 bits per heavy atom. The van der Waals surface area contributed by atoms with Crippen molar-refractivity contribution >= 4 is 16.7 Å². The van der Waals surface area contributed by atoms with Gasteiger partial charge >= 0.3 is 0 Å². The van der Waals surface area contributed by atoms with Crippen molar-refractivity contribution in [2.24, 2.45) is 0 Å². The van der Waals surface area contributed by atoms with E-state index < -0.39 is 0 Å². The Morgan fingerprint density at radius 3 is 2.54 bits per heavy atom. The molecule has 1 heterocycles. The quantitative estimate of drug-likeness (QED) is 0.463. The lowest BCUT2D eigenvalue weighted by Crippen LogP contribution is -2.43. The average molecular weight is 354 g/mol. The van der Waals surface area contributed by atoms with Crippen LogP contribution in [0.15, 0.2) is 42.5 Å². The number of fused-ring (bicyclic) bond motifs is 1. The van der Waals surface area contributed by atoms with E-state index >= 15 is 0 Å². The van der Waals surface area contributed by atoms with E-state index in [9.17, 15) is 10.0 Å². The monoisotopic (exact) mass is 353 g/mol. The fourth-order valence-electron chi connectivity index (χ4n) is 4.14. The van der Waals surface area contributed by atoms with Gasteiger partial charge in [-0.15, -0.1) is 0 Å². The Morgan fingerprint density at radius 1 is 1.00 bits per heavy atom. The van der Waals surface area contributed by atoms with E-state index in [1.54, 1.807) is 0 Å². The van der Waals surface area contributed by atoms with Crippen LogP contribution in [-0.2, 0) is 4.79 Å². The molecule has 2 unspecified atom stereocenters. The number of carbonyl (C=O) groups excluding carboxylic acids is 1. The van der Waals surface area contributed by atoms with Gasteiger partial charge in [-0.25, -0.2) is 5.06 Å². The van der Waals surface area contributed by atoms with E-state index in [1.165, 1.54) is 48.4 Å². The van der Waals surface area contributed by atoms with Crippen molar-refractivity contribution in [3.63, 3.8) is 0 Å². The van der Waals surface area contributed by atoms with Gasteiger partial charge in [-0.3, -0.25) is 10.0 Å². The summed E-state index contributed by atoms with van der Waals surface area (Å²) in [5.41, 5.74) is 1.22. The molecule has 3 rings (SSSR count). The van der Waals surface area contributed by atoms with Crippen LogP contribution in [0, 0.1) is 0 Å². The van der Waals surface area contributed by atoms with Crippen LogP contribution in [0.1, 0.15) is 76.2 Å². The lowest BCUT2D eigenvalue weighted by atomic mass is 9.83. The van der Waals surface area contributed by atoms with Gasteiger partial charge in [0.05, 0.1) is 6.04 Å². The molecular weight excluding hydrogens is 322 g/mol. The summed E-state index contributed by atoms with van der Waals surface area (Å²) in [6.45, 7) is 2.23. The molecule has 1 N–H and O–H groups in total. The molecule has 0 spiro atoms. The van der Waals surface area contributed by atoms with E-state index in [0.29, 0.717) is 6.42 Å². The number of hydroxylamine groups is 2. The highest BCUT2D eigenvalue weighted by atomic mass is 16.5. The number of rotatable bonds is 8. The number of amides is 1. The third-order valence-electron chi connectivity index (χ3n) is 5.71. The Kier molecular flexibility index (Phi) is 6.67. The number of carbonyl (C=O) groups is 1. The molecule has 0 bridgehead atoms. The first-order chi connectivity index (χ1) is 12.7. The fraction of sp³-hybridized carbons (Fsp3) is 0.522. The lowest BCUT2D eigenvalue weighted by Gasteiger charge is -2.35. The van der Waals surface area contributed by atoms with Crippen molar-refractivity contribution in [3.05, 3.63) is 48.0 Å². The average Bonchev–Trinajstić information content (AvgIpc) is 2.67. The first-order valence-corrected chi connectivity index (χ1v) is 10.2. The van der Waals surface area contributed by atoms with Crippen LogP contribution in [0.4, 0.5) is 0 Å². The zero-order valence-corrected chi connectivity index (χ0v) is 15.9. The minimum Gasteiger partial charge on any atom is -0.286 e. The van der Waals surface area contributed by atoms with Crippen molar-refractivity contribution in [2.75, 3.05) is 0 Å². The zero-order chi connectivity index (χ0) is 18.4. The van der Waals surface area contributed by atoms with E-state index in [0.717, 1.165) is 24.3 Å². The van der Waals surface area contributed by atoms with E-state index in [4.69, 9.17) is 0 Å². The summed E-state index contributed by atoms with van der Waals surface area (Å²) in [4.78, 5) is 12.3. The molecule has 1 amide bonds. The molecular formula is C23H31NO2. The van der Waals surface area contributed by atoms with Gasteiger partial charge in [-0.05, 0) is 35.1 Å². The molecule has 3 nitrogen and oxygen atoms in total. The molecule has 1 aliphatic heterocycles. The van der Waals surface area contributed by atoms with E-state index in [1.807, 2.05) is 6.07 Å². The molecule has 2 aromatic carbocycles. The van der Waals surface area contributed by atoms with Crippen LogP contribution in [0.25, 0.3) is 10.8 Å². The number of benzene rings is 2. The minimum absolute atomic E-state index is 0.0427. The number of unbranched alkanes of at least 4 members (excludes halogenated alkanes) is 5. The zero-order valence-electron chi connectivity index (χ0n) is 15.9. The van der Waals surface area contributed by atoms with Gasteiger partial charge in [-0.1, -0.05) is 87.9 Å². The molecule has 1 fully saturated rings. The maximum absolute atomic E-state index is 12.3. The highest BCUT2D eigenvalue weighted by molar-refractivity contribution is 5.83. The standard InChI is InChI=1S/C23H31NO2/c1-2-3-4-5-6-7-12-22-16-21(17-23(25)24(22)26)20-14-13-18-10-8-9-11-19(18)15-20/h8-11,13-15,21-22,26H,2-7,12,16-17H2,1H3. The summed E-state index contributed by atoms with van der Waals surface area (Å²) < 4.78 is 0. The van der Waals surface area contributed by atoms with Gasteiger partial charge in [0.15, 0.2) is 0 Å². The number of piperidine rings is 1. The van der Waals surface area contributed by atoms with E-state index in [2.05, 4.69) is 43.3 Å². The molecule has 140 valence electrons. The third-order valence-corrected chi connectivity index (χ3v) is 5.71. The maximum atomic E-state index is 12.3. The van der Waals surface area contributed by atoms with Crippen LogP contribution in [0.5, 0.6) is 0 Å². The lowest BCUT2D eigenvalue weighted by molar-refractivity contribution is -0.184. The van der Waals surface area contributed by atoms with Crippen LogP contribution in [0.2, 0.25) is 0 Å². The second-order valence-electron chi connectivity index (χ2n) is 7.69. The largest absolute Gasteiger partial charge is 0.286 e. The Balaban J connectivity index is 1.62. The highest BCUT2D eigenvalue weighted by Gasteiger charge is 2.33. The molecule has 2 atom stereocenters. The smallest absolute Gasteiger partial charge is 0.246 e. The number of hydrogen-bond acceptors (Lipinski definition) is 2. The van der Waals surface area contributed by atoms with Crippen molar-refractivity contribution in [1.29, 1.82) is 0 Å². The fourth-order valence-corrected chi connectivity index (χ4v) is 4.14. The van der Waals surface area contributed by atoms with Crippen LogP contribution < -0.4 is 0 Å². The third kappa shape index (κ3) is 4.64. The Bertz CT molecular complexity index is 727. The van der Waals surface area contributed by atoms with Gasteiger partial charge in [0.1, 0.15) is 0 Å². The maximum Gasteiger partial charge on any atom is 0.246 e. The summed E-state index contributed by atoms with van der Waals surface area (Å²) in [5, 5.41) is 13.7. The second-order valence-corrected chi connectivity index (χ2v) is 7.69. The molecule has 1 aliphatic rings. The summed E-state index contributed by atoms with van der Waals surface area (Å²) in [5.74, 6) is 0.0750. The Hall–Kier alpha value is -1.87. The summed E-state index contributed by atoms with van der Waals surface area (Å²) in [7, 11) is 0. The first kappa shape index (κ1) is 18.9. The molecule has 0 aliphatic carbocycles. The van der Waals surface area contributed by atoms with Crippen molar-refractivity contribution in [3.8, 4) is 0 Å². The molecule has 0 saturated carbocycles. The number of nitrogens with zero attached hydrogens (tertiary/aromatic N) is 1. The molecule has 26 heavy (non-hydrogen) atoms. The molecule has 3 heteroatoms.